The molecule has 0 heterocycles. The second-order valence-corrected chi connectivity index (χ2v) is 6.57. The molecule has 0 aromatic heterocycles. The summed E-state index contributed by atoms with van der Waals surface area (Å²) in [5.74, 6) is 5.75. The van der Waals surface area contributed by atoms with Crippen LogP contribution in [0.25, 0.3) is 0 Å². The Morgan fingerprint density at radius 2 is 1.43 bits per heavy atom. The molecule has 0 aliphatic rings. The molecule has 2 aromatic carbocycles. The zero-order valence-corrected chi connectivity index (χ0v) is 12.9. The number of rotatable bonds is 3. The normalized spacial score (nSPS) is 10.8. The van der Waals surface area contributed by atoms with Gasteiger partial charge in [-0.3, -0.25) is 0 Å². The van der Waals surface area contributed by atoms with Gasteiger partial charge in [0.2, 0.25) is 10.0 Å². The maximum Gasteiger partial charge on any atom is 0.241 e. The topological polar surface area (TPSA) is 46.2 Å². The molecule has 0 unspecified atom stereocenters. The van der Waals surface area contributed by atoms with Crippen molar-refractivity contribution in [2.24, 2.45) is 0 Å². The first-order valence-electron chi connectivity index (χ1n) is 6.59. The van der Waals surface area contributed by atoms with E-state index in [2.05, 4.69) is 16.6 Å². The van der Waals surface area contributed by atoms with Gasteiger partial charge >= 0.3 is 0 Å². The van der Waals surface area contributed by atoms with Gasteiger partial charge in [0.1, 0.15) is 0 Å². The van der Waals surface area contributed by atoms with E-state index >= 15 is 0 Å². The lowest BCUT2D eigenvalue weighted by atomic mass is 10.2. The first kappa shape index (κ1) is 15.3. The third-order valence-electron chi connectivity index (χ3n) is 2.97. The zero-order valence-electron chi connectivity index (χ0n) is 12.1. The highest BCUT2D eigenvalue weighted by Crippen LogP contribution is 2.09. The van der Waals surface area contributed by atoms with Crippen molar-refractivity contribution < 1.29 is 8.42 Å². The van der Waals surface area contributed by atoms with E-state index < -0.39 is 10.0 Å². The minimum Gasteiger partial charge on any atom is -0.207 e. The molecule has 0 amide bonds. The summed E-state index contributed by atoms with van der Waals surface area (Å²) in [6, 6.07) is 14.5. The molecule has 0 radical (unpaired) electrons. The highest BCUT2D eigenvalue weighted by atomic mass is 32.2. The third kappa shape index (κ3) is 4.45. The number of benzene rings is 2. The van der Waals surface area contributed by atoms with Crippen LogP contribution in [0.2, 0.25) is 0 Å². The lowest BCUT2D eigenvalue weighted by molar-refractivity contribution is 0.586. The van der Waals surface area contributed by atoms with E-state index in [1.54, 1.807) is 24.3 Å². The molecule has 0 aliphatic carbocycles. The first-order chi connectivity index (χ1) is 9.97. The zero-order chi connectivity index (χ0) is 15.3. The van der Waals surface area contributed by atoms with Crippen LogP contribution in [-0.2, 0) is 10.0 Å². The number of nitrogens with one attached hydrogen (secondary N) is 1. The standard InChI is InChI=1S/C17H17NO2S/c1-14-5-9-16(10-6-14)4-3-13-18-21(19,20)17-11-7-15(2)8-12-17/h5-12,18H,13H2,1-2H3. The largest absolute Gasteiger partial charge is 0.241 e. The molecular formula is C17H17NO2S. The molecule has 1 N–H and O–H groups in total. The van der Waals surface area contributed by atoms with E-state index in [4.69, 9.17) is 0 Å². The molecule has 0 aliphatic heterocycles. The lowest BCUT2D eigenvalue weighted by Gasteiger charge is -2.03. The highest BCUT2D eigenvalue weighted by molar-refractivity contribution is 7.89. The Morgan fingerprint density at radius 3 is 2.00 bits per heavy atom. The summed E-state index contributed by atoms with van der Waals surface area (Å²) in [6.07, 6.45) is 0. The number of hydrogen-bond acceptors (Lipinski definition) is 2. The van der Waals surface area contributed by atoms with Crippen LogP contribution >= 0.6 is 0 Å². The van der Waals surface area contributed by atoms with Crippen molar-refractivity contribution in [3.8, 4) is 11.8 Å². The van der Waals surface area contributed by atoms with Crippen molar-refractivity contribution >= 4 is 10.0 Å². The van der Waals surface area contributed by atoms with Crippen LogP contribution in [0.4, 0.5) is 0 Å². The first-order valence-corrected chi connectivity index (χ1v) is 8.07. The molecule has 0 saturated heterocycles. The fourth-order valence-corrected chi connectivity index (χ4v) is 2.64. The summed E-state index contributed by atoms with van der Waals surface area (Å²) in [5, 5.41) is 0. The Kier molecular flexibility index (Phi) is 4.79. The Bertz CT molecular complexity index is 764. The van der Waals surface area contributed by atoms with Gasteiger partial charge in [-0.1, -0.05) is 47.2 Å². The van der Waals surface area contributed by atoms with Crippen molar-refractivity contribution in [3.63, 3.8) is 0 Å². The van der Waals surface area contributed by atoms with Crippen molar-refractivity contribution in [3.05, 3.63) is 65.2 Å². The van der Waals surface area contributed by atoms with Gasteiger partial charge in [0.15, 0.2) is 0 Å². The average Bonchev–Trinajstić information content (AvgIpc) is 2.46. The molecule has 0 fully saturated rings. The minimum atomic E-state index is -3.49. The number of aryl methyl sites for hydroxylation is 2. The lowest BCUT2D eigenvalue weighted by Crippen LogP contribution is -2.23. The summed E-state index contributed by atoms with van der Waals surface area (Å²) in [5.41, 5.74) is 3.06. The van der Waals surface area contributed by atoms with Gasteiger partial charge < -0.3 is 0 Å². The molecule has 2 rings (SSSR count). The van der Waals surface area contributed by atoms with Gasteiger partial charge in [-0.15, -0.1) is 0 Å². The van der Waals surface area contributed by atoms with Gasteiger partial charge in [0.25, 0.3) is 0 Å². The van der Waals surface area contributed by atoms with Gasteiger partial charge in [-0.2, -0.15) is 4.72 Å². The predicted molar refractivity (Wildman–Crippen MR) is 84.4 cm³/mol. The highest BCUT2D eigenvalue weighted by Gasteiger charge is 2.11. The fraction of sp³-hybridized carbons (Fsp3) is 0.176. The van der Waals surface area contributed by atoms with Gasteiger partial charge in [-0.25, -0.2) is 8.42 Å². The van der Waals surface area contributed by atoms with Crippen molar-refractivity contribution in [2.75, 3.05) is 6.54 Å². The van der Waals surface area contributed by atoms with Crippen LogP contribution in [0, 0.1) is 25.7 Å². The van der Waals surface area contributed by atoms with Crippen LogP contribution < -0.4 is 4.72 Å². The second kappa shape index (κ2) is 6.57. The van der Waals surface area contributed by atoms with Gasteiger partial charge in [0, 0.05) is 5.56 Å². The van der Waals surface area contributed by atoms with E-state index in [0.29, 0.717) is 0 Å². The molecule has 108 valence electrons. The Balaban J connectivity index is 2.00. The molecule has 3 nitrogen and oxygen atoms in total. The summed E-state index contributed by atoms with van der Waals surface area (Å²) >= 11 is 0. The van der Waals surface area contributed by atoms with E-state index in [0.717, 1.165) is 11.1 Å². The molecule has 0 atom stereocenters. The fourth-order valence-electron chi connectivity index (χ4n) is 1.72. The summed E-state index contributed by atoms with van der Waals surface area (Å²) in [6.45, 7) is 4.01. The van der Waals surface area contributed by atoms with Crippen molar-refractivity contribution in [1.82, 2.24) is 4.72 Å². The molecular weight excluding hydrogens is 282 g/mol. The van der Waals surface area contributed by atoms with Crippen LogP contribution in [0.3, 0.4) is 0 Å². The average molecular weight is 299 g/mol. The van der Waals surface area contributed by atoms with Crippen molar-refractivity contribution in [2.45, 2.75) is 18.7 Å². The Hall–Kier alpha value is -2.09. The molecule has 0 spiro atoms. The van der Waals surface area contributed by atoms with Crippen molar-refractivity contribution in [1.29, 1.82) is 0 Å². The number of sulfonamides is 1. The maximum atomic E-state index is 12.0. The van der Waals surface area contributed by atoms with Crippen LogP contribution in [0.5, 0.6) is 0 Å². The third-order valence-corrected chi connectivity index (χ3v) is 4.38. The Labute approximate surface area is 126 Å². The predicted octanol–water partition coefficient (Wildman–Crippen LogP) is 2.63. The smallest absolute Gasteiger partial charge is 0.207 e. The molecule has 2 aromatic rings. The van der Waals surface area contributed by atoms with E-state index in [-0.39, 0.29) is 11.4 Å². The van der Waals surface area contributed by atoms with Crippen LogP contribution in [0.15, 0.2) is 53.4 Å². The summed E-state index contributed by atoms with van der Waals surface area (Å²) in [4.78, 5) is 0.255. The van der Waals surface area contributed by atoms with E-state index in [1.807, 2.05) is 38.1 Å². The Morgan fingerprint density at radius 1 is 0.905 bits per heavy atom. The van der Waals surface area contributed by atoms with Gasteiger partial charge in [-0.05, 0) is 38.1 Å². The van der Waals surface area contributed by atoms with Crippen LogP contribution in [0.1, 0.15) is 16.7 Å². The van der Waals surface area contributed by atoms with E-state index in [1.165, 1.54) is 5.56 Å². The molecule has 4 heteroatoms. The molecule has 0 saturated carbocycles. The second-order valence-electron chi connectivity index (χ2n) is 4.81. The van der Waals surface area contributed by atoms with Gasteiger partial charge in [0.05, 0.1) is 11.4 Å². The molecule has 21 heavy (non-hydrogen) atoms. The SMILES string of the molecule is Cc1ccc(C#CCNS(=O)(=O)c2ccc(C)cc2)cc1. The molecule has 0 bridgehead atoms. The minimum absolute atomic E-state index is 0.0874. The monoisotopic (exact) mass is 299 g/mol. The summed E-state index contributed by atoms with van der Waals surface area (Å²) in [7, 11) is -3.49. The number of hydrogen-bond donors (Lipinski definition) is 1. The van der Waals surface area contributed by atoms with Crippen LogP contribution in [-0.4, -0.2) is 15.0 Å². The quantitative estimate of drug-likeness (QED) is 0.886. The maximum absolute atomic E-state index is 12.0. The van der Waals surface area contributed by atoms with E-state index in [9.17, 15) is 8.42 Å². The summed E-state index contributed by atoms with van der Waals surface area (Å²) < 4.78 is 26.5.